The van der Waals surface area contributed by atoms with Gasteiger partial charge in [-0.05, 0) is 0 Å². The summed E-state index contributed by atoms with van der Waals surface area (Å²) in [5, 5.41) is 7.54. The highest BCUT2D eigenvalue weighted by molar-refractivity contribution is 5.71. The normalized spacial score (nSPS) is 5.67. The summed E-state index contributed by atoms with van der Waals surface area (Å²) in [5.74, 6) is -0.440. The van der Waals surface area contributed by atoms with E-state index in [9.17, 15) is 4.79 Å². The highest BCUT2D eigenvalue weighted by Crippen LogP contribution is 1.44. The van der Waals surface area contributed by atoms with Crippen LogP contribution in [0.3, 0.4) is 0 Å². The van der Waals surface area contributed by atoms with Crippen molar-refractivity contribution in [3.8, 4) is 0 Å². The van der Waals surface area contributed by atoms with Crippen molar-refractivity contribution in [2.75, 3.05) is 0 Å². The average Bonchev–Trinajstić information content (AvgIpc) is 1.38. The number of rotatable bonds is 0. The van der Waals surface area contributed by atoms with E-state index < -0.39 is 5.91 Å². The van der Waals surface area contributed by atoms with Crippen LogP contribution in [0.2, 0.25) is 0 Å². The summed E-state index contributed by atoms with van der Waals surface area (Å²) in [5.41, 5.74) is 1.39. The highest BCUT2D eigenvalue weighted by Gasteiger charge is 1.74. The molecule has 0 rings (SSSR count). The first-order chi connectivity index (χ1) is 2.27. The molecule has 4 N–H and O–H groups in total. The lowest BCUT2D eigenvalue weighted by atomic mass is 10.8. The Hall–Kier alpha value is -0.610. The Labute approximate surface area is 35.0 Å². The van der Waals surface area contributed by atoms with Crippen molar-refractivity contribution < 1.29 is 15.5 Å². The van der Waals surface area contributed by atoms with Gasteiger partial charge in [0.05, 0.1) is 0 Å². The van der Waals surface area contributed by atoms with Crippen molar-refractivity contribution in [2.45, 2.75) is 6.92 Å². The summed E-state index contributed by atoms with van der Waals surface area (Å²) in [4.78, 5) is 9.45. The molecule has 4 nitrogen and oxygen atoms in total. The Morgan fingerprint density at radius 3 is 2.00 bits per heavy atom. The van der Waals surface area contributed by atoms with Gasteiger partial charge in [-0.3, -0.25) is 10.0 Å². The summed E-state index contributed by atoms with van der Waals surface area (Å²) in [7, 11) is 0. The number of hydrogen-bond donors (Lipinski definition) is 2. The smallest absolute Gasteiger partial charge is 0.240 e. The minimum atomic E-state index is -0.440. The molecule has 0 unspecified atom stereocenters. The molecule has 6 heavy (non-hydrogen) atoms. The van der Waals surface area contributed by atoms with Crippen molar-refractivity contribution in [2.24, 2.45) is 0 Å². The van der Waals surface area contributed by atoms with E-state index in [1.165, 1.54) is 12.4 Å². The standard InChI is InChI=1S/C2H5NO2.H2O/c1-2(4)3-5;/h5H,1H3,(H,3,4);1H2. The van der Waals surface area contributed by atoms with Crippen LogP contribution in [-0.4, -0.2) is 16.6 Å². The third-order valence-corrected chi connectivity index (χ3v) is 0.157. The monoisotopic (exact) mass is 93.0 g/mol. The molecule has 0 aliphatic heterocycles. The second kappa shape index (κ2) is 4.39. The Morgan fingerprint density at radius 2 is 2.00 bits per heavy atom. The number of carbonyl (C=O) groups is 1. The van der Waals surface area contributed by atoms with E-state index in [0.29, 0.717) is 0 Å². The molecule has 0 heterocycles. The zero-order valence-electron chi connectivity index (χ0n) is 3.36. The van der Waals surface area contributed by atoms with Gasteiger partial charge in [-0.1, -0.05) is 0 Å². The Kier molecular flexibility index (Phi) is 6.61. The molecular weight excluding hydrogens is 86.0 g/mol. The molecule has 0 bridgehead atoms. The van der Waals surface area contributed by atoms with E-state index in [-0.39, 0.29) is 5.48 Å². The number of amides is 1. The molecule has 0 atom stereocenters. The lowest BCUT2D eigenvalue weighted by Gasteiger charge is -1.78. The molecule has 0 saturated carbocycles. The van der Waals surface area contributed by atoms with Gasteiger partial charge in [0.2, 0.25) is 5.91 Å². The van der Waals surface area contributed by atoms with Crippen LogP contribution in [0.15, 0.2) is 0 Å². The van der Waals surface area contributed by atoms with Crippen LogP contribution in [0.4, 0.5) is 0 Å². The van der Waals surface area contributed by atoms with Crippen molar-refractivity contribution in [1.29, 1.82) is 0 Å². The van der Waals surface area contributed by atoms with Gasteiger partial charge in [-0.15, -0.1) is 0 Å². The van der Waals surface area contributed by atoms with Gasteiger partial charge in [0.15, 0.2) is 0 Å². The first-order valence-electron chi connectivity index (χ1n) is 1.18. The molecule has 1 amide bonds. The minimum absolute atomic E-state index is 0. The van der Waals surface area contributed by atoms with Crippen molar-refractivity contribution in [3.05, 3.63) is 0 Å². The van der Waals surface area contributed by atoms with Crippen molar-refractivity contribution in [1.82, 2.24) is 5.48 Å². The first kappa shape index (κ1) is 9.04. The molecular formula is C2H7NO3. The zero-order chi connectivity index (χ0) is 4.28. The summed E-state index contributed by atoms with van der Waals surface area (Å²) in [6.45, 7) is 1.22. The number of hydrogen-bond acceptors (Lipinski definition) is 2. The molecule has 0 aromatic heterocycles. The van der Waals surface area contributed by atoms with Crippen LogP contribution in [0.5, 0.6) is 0 Å². The fourth-order valence-corrected chi connectivity index (χ4v) is 0. The van der Waals surface area contributed by atoms with Crippen molar-refractivity contribution >= 4 is 5.91 Å². The van der Waals surface area contributed by atoms with Gasteiger partial charge in [-0.2, -0.15) is 0 Å². The van der Waals surface area contributed by atoms with Gasteiger partial charge in [0.1, 0.15) is 0 Å². The van der Waals surface area contributed by atoms with Crippen LogP contribution in [-0.2, 0) is 4.79 Å². The third-order valence-electron chi connectivity index (χ3n) is 0.157. The lowest BCUT2D eigenvalue weighted by molar-refractivity contribution is -0.126. The average molecular weight is 93.1 g/mol. The molecule has 0 radical (unpaired) electrons. The van der Waals surface area contributed by atoms with E-state index in [1.54, 1.807) is 0 Å². The number of nitrogens with one attached hydrogen (secondary N) is 1. The van der Waals surface area contributed by atoms with Gasteiger partial charge in [0, 0.05) is 6.92 Å². The topological polar surface area (TPSA) is 80.8 Å². The van der Waals surface area contributed by atoms with Gasteiger partial charge in [0.25, 0.3) is 0 Å². The molecule has 0 aromatic rings. The SMILES string of the molecule is CC(=O)NO.O. The van der Waals surface area contributed by atoms with Gasteiger partial charge < -0.3 is 5.48 Å². The van der Waals surface area contributed by atoms with Crippen LogP contribution in [0.1, 0.15) is 6.92 Å². The molecule has 0 aliphatic carbocycles. The maximum absolute atomic E-state index is 9.45. The fourth-order valence-electron chi connectivity index (χ4n) is 0. The second-order valence-electron chi connectivity index (χ2n) is 0.668. The number of hydroxylamine groups is 1. The van der Waals surface area contributed by atoms with E-state index in [0.717, 1.165) is 0 Å². The molecule has 0 spiro atoms. The second-order valence-corrected chi connectivity index (χ2v) is 0.668. The van der Waals surface area contributed by atoms with E-state index in [1.807, 2.05) is 0 Å². The van der Waals surface area contributed by atoms with E-state index >= 15 is 0 Å². The minimum Gasteiger partial charge on any atom is -0.412 e. The lowest BCUT2D eigenvalue weighted by Crippen LogP contribution is -2.12. The predicted octanol–water partition coefficient (Wildman–Crippen LogP) is -1.31. The van der Waals surface area contributed by atoms with Crippen LogP contribution >= 0.6 is 0 Å². The van der Waals surface area contributed by atoms with Gasteiger partial charge in [-0.25, -0.2) is 5.48 Å². The summed E-state index contributed by atoms with van der Waals surface area (Å²) >= 11 is 0. The molecule has 0 aromatic carbocycles. The van der Waals surface area contributed by atoms with E-state index in [4.69, 9.17) is 5.21 Å². The van der Waals surface area contributed by atoms with E-state index in [2.05, 4.69) is 0 Å². The Morgan fingerprint density at radius 1 is 1.83 bits per heavy atom. The summed E-state index contributed by atoms with van der Waals surface area (Å²) < 4.78 is 0. The van der Waals surface area contributed by atoms with Crippen LogP contribution in [0.25, 0.3) is 0 Å². The molecule has 38 valence electrons. The first-order valence-corrected chi connectivity index (χ1v) is 1.18. The molecule has 0 fully saturated rings. The predicted molar refractivity (Wildman–Crippen MR) is 19.2 cm³/mol. The molecule has 0 aliphatic rings. The highest BCUT2D eigenvalue weighted by atomic mass is 16.5. The molecule has 4 heteroatoms. The quantitative estimate of drug-likeness (QED) is 0.288. The summed E-state index contributed by atoms with van der Waals surface area (Å²) in [6.07, 6.45) is 0. The fraction of sp³-hybridized carbons (Fsp3) is 0.500. The summed E-state index contributed by atoms with van der Waals surface area (Å²) in [6, 6.07) is 0. The van der Waals surface area contributed by atoms with Crippen molar-refractivity contribution in [3.63, 3.8) is 0 Å². The largest absolute Gasteiger partial charge is 0.412 e. The maximum atomic E-state index is 9.45. The zero-order valence-corrected chi connectivity index (χ0v) is 3.36. The van der Waals surface area contributed by atoms with Crippen LogP contribution in [0, 0.1) is 0 Å². The molecule has 0 saturated heterocycles. The Balaban J connectivity index is 0. The van der Waals surface area contributed by atoms with Crippen LogP contribution < -0.4 is 5.48 Å². The van der Waals surface area contributed by atoms with Gasteiger partial charge >= 0.3 is 0 Å². The number of carbonyl (C=O) groups excluding carboxylic acids is 1. The Bertz CT molecular complexity index is 44.1. The third kappa shape index (κ3) is 10.0. The maximum Gasteiger partial charge on any atom is 0.240 e.